The molecule has 0 aromatic carbocycles. The standard InChI is InChI=1S/C7H9N5O/c8-1-2-12-3-6(11-5-12)7(13)10-4-9/h3,5H,1-2,8H2,(H,10,13). The molecule has 0 aliphatic carbocycles. The number of carbonyl (C=O) groups is 1. The number of nitrogens with two attached hydrogens (primary N) is 1. The Labute approximate surface area is 75.0 Å². The fourth-order valence-electron chi connectivity index (χ4n) is 0.864. The van der Waals surface area contributed by atoms with Crippen molar-refractivity contribution in [3.63, 3.8) is 0 Å². The van der Waals surface area contributed by atoms with Gasteiger partial charge >= 0.3 is 0 Å². The summed E-state index contributed by atoms with van der Waals surface area (Å²) in [6, 6.07) is 0. The van der Waals surface area contributed by atoms with Crippen LogP contribution in [-0.2, 0) is 6.54 Å². The number of nitrogens with one attached hydrogen (secondary N) is 1. The number of rotatable bonds is 3. The fourth-order valence-corrected chi connectivity index (χ4v) is 0.864. The third-order valence-corrected chi connectivity index (χ3v) is 1.42. The molecule has 0 radical (unpaired) electrons. The molecular weight excluding hydrogens is 170 g/mol. The van der Waals surface area contributed by atoms with Crippen LogP contribution in [0.4, 0.5) is 0 Å². The summed E-state index contributed by atoms with van der Waals surface area (Å²) in [5, 5.41) is 10.1. The molecule has 1 rings (SSSR count). The van der Waals surface area contributed by atoms with Crippen molar-refractivity contribution in [2.75, 3.05) is 6.54 Å². The monoisotopic (exact) mass is 179 g/mol. The summed E-state index contributed by atoms with van der Waals surface area (Å²) in [5.74, 6) is -0.502. The Morgan fingerprint density at radius 3 is 3.23 bits per heavy atom. The Kier molecular flexibility index (Phi) is 3.00. The topological polar surface area (TPSA) is 96.7 Å². The minimum absolute atomic E-state index is 0.218. The van der Waals surface area contributed by atoms with Crippen molar-refractivity contribution in [2.45, 2.75) is 6.54 Å². The van der Waals surface area contributed by atoms with Gasteiger partial charge in [-0.15, -0.1) is 0 Å². The van der Waals surface area contributed by atoms with Crippen molar-refractivity contribution in [3.8, 4) is 6.19 Å². The van der Waals surface area contributed by atoms with E-state index in [1.807, 2.05) is 5.32 Å². The van der Waals surface area contributed by atoms with E-state index < -0.39 is 5.91 Å². The maximum absolute atomic E-state index is 11.0. The molecule has 0 saturated carbocycles. The molecule has 0 atom stereocenters. The van der Waals surface area contributed by atoms with Crippen molar-refractivity contribution >= 4 is 5.91 Å². The molecule has 0 unspecified atom stereocenters. The maximum Gasteiger partial charge on any atom is 0.284 e. The van der Waals surface area contributed by atoms with Crippen LogP contribution in [0.1, 0.15) is 10.5 Å². The largest absolute Gasteiger partial charge is 0.335 e. The molecule has 1 amide bonds. The van der Waals surface area contributed by atoms with E-state index in [1.54, 1.807) is 10.8 Å². The molecule has 6 nitrogen and oxygen atoms in total. The minimum Gasteiger partial charge on any atom is -0.335 e. The zero-order chi connectivity index (χ0) is 9.68. The van der Waals surface area contributed by atoms with Gasteiger partial charge in [0.15, 0.2) is 6.19 Å². The van der Waals surface area contributed by atoms with Gasteiger partial charge in [-0.05, 0) is 0 Å². The van der Waals surface area contributed by atoms with E-state index in [0.717, 1.165) is 0 Å². The van der Waals surface area contributed by atoms with Crippen molar-refractivity contribution in [1.82, 2.24) is 14.9 Å². The molecule has 68 valence electrons. The first kappa shape index (κ1) is 9.22. The predicted octanol–water partition coefficient (Wildman–Crippen LogP) is -0.947. The molecule has 1 heterocycles. The summed E-state index contributed by atoms with van der Waals surface area (Å²) in [4.78, 5) is 14.8. The number of nitriles is 1. The zero-order valence-electron chi connectivity index (χ0n) is 6.90. The van der Waals surface area contributed by atoms with Crippen molar-refractivity contribution in [3.05, 3.63) is 18.2 Å². The number of hydrogen-bond donors (Lipinski definition) is 2. The third kappa shape index (κ3) is 2.28. The molecular formula is C7H9N5O. The van der Waals surface area contributed by atoms with Gasteiger partial charge in [-0.3, -0.25) is 10.1 Å². The number of carbonyl (C=O) groups excluding carboxylic acids is 1. The maximum atomic E-state index is 11.0. The predicted molar refractivity (Wildman–Crippen MR) is 44.4 cm³/mol. The summed E-state index contributed by atoms with van der Waals surface area (Å²) in [7, 11) is 0. The van der Waals surface area contributed by atoms with Gasteiger partial charge in [-0.25, -0.2) is 4.98 Å². The summed E-state index contributed by atoms with van der Waals surface area (Å²) in [6.07, 6.45) is 4.57. The van der Waals surface area contributed by atoms with Crippen LogP contribution in [0, 0.1) is 11.5 Å². The first-order valence-corrected chi connectivity index (χ1v) is 3.69. The first-order chi connectivity index (χ1) is 6.27. The van der Waals surface area contributed by atoms with Crippen LogP contribution < -0.4 is 11.1 Å². The van der Waals surface area contributed by atoms with Crippen LogP contribution in [0.15, 0.2) is 12.5 Å². The Morgan fingerprint density at radius 1 is 1.85 bits per heavy atom. The second-order valence-corrected chi connectivity index (χ2v) is 2.35. The van der Waals surface area contributed by atoms with Gasteiger partial charge in [0.05, 0.1) is 6.33 Å². The van der Waals surface area contributed by atoms with Gasteiger partial charge in [0, 0.05) is 19.3 Å². The normalized spacial score (nSPS) is 9.23. The van der Waals surface area contributed by atoms with E-state index in [9.17, 15) is 4.79 Å². The molecule has 0 saturated heterocycles. The molecule has 1 aromatic heterocycles. The van der Waals surface area contributed by atoms with Crippen molar-refractivity contribution in [2.24, 2.45) is 5.73 Å². The number of nitrogens with zero attached hydrogens (tertiary/aromatic N) is 3. The van der Waals surface area contributed by atoms with E-state index in [-0.39, 0.29) is 5.69 Å². The molecule has 0 aliphatic rings. The lowest BCUT2D eigenvalue weighted by Crippen LogP contribution is -2.17. The first-order valence-electron chi connectivity index (χ1n) is 3.69. The molecule has 0 fully saturated rings. The molecule has 3 N–H and O–H groups in total. The van der Waals surface area contributed by atoms with Gasteiger partial charge in [0.2, 0.25) is 0 Å². The summed E-state index contributed by atoms with van der Waals surface area (Å²) in [6.45, 7) is 1.09. The quantitative estimate of drug-likeness (QED) is 0.462. The van der Waals surface area contributed by atoms with Crippen LogP contribution in [0.3, 0.4) is 0 Å². The third-order valence-electron chi connectivity index (χ3n) is 1.42. The van der Waals surface area contributed by atoms with E-state index in [1.165, 1.54) is 12.5 Å². The Balaban J connectivity index is 2.69. The van der Waals surface area contributed by atoms with E-state index in [2.05, 4.69) is 4.98 Å². The highest BCUT2D eigenvalue weighted by atomic mass is 16.1. The lowest BCUT2D eigenvalue weighted by molar-refractivity contribution is 0.0968. The molecule has 6 heteroatoms. The van der Waals surface area contributed by atoms with Crippen LogP contribution in [0.25, 0.3) is 0 Å². The molecule has 1 aromatic rings. The number of hydrogen-bond acceptors (Lipinski definition) is 4. The lowest BCUT2D eigenvalue weighted by atomic mass is 10.4. The molecule has 0 spiro atoms. The highest BCUT2D eigenvalue weighted by Crippen LogP contribution is 1.94. The number of imidazole rings is 1. The smallest absolute Gasteiger partial charge is 0.284 e. The average molecular weight is 179 g/mol. The Morgan fingerprint density at radius 2 is 2.62 bits per heavy atom. The number of amides is 1. The summed E-state index contributed by atoms with van der Waals surface area (Å²) >= 11 is 0. The molecule has 0 bridgehead atoms. The van der Waals surface area contributed by atoms with Gasteiger partial charge in [0.25, 0.3) is 5.91 Å². The van der Waals surface area contributed by atoms with Crippen LogP contribution in [0.2, 0.25) is 0 Å². The van der Waals surface area contributed by atoms with Gasteiger partial charge < -0.3 is 10.3 Å². The summed E-state index contributed by atoms with van der Waals surface area (Å²) < 4.78 is 1.69. The summed E-state index contributed by atoms with van der Waals surface area (Å²) in [5.41, 5.74) is 5.52. The lowest BCUT2D eigenvalue weighted by Gasteiger charge is -1.94. The van der Waals surface area contributed by atoms with Gasteiger partial charge in [-0.2, -0.15) is 5.26 Å². The van der Waals surface area contributed by atoms with Crippen LogP contribution in [-0.4, -0.2) is 22.0 Å². The van der Waals surface area contributed by atoms with Crippen molar-refractivity contribution in [1.29, 1.82) is 5.26 Å². The second-order valence-electron chi connectivity index (χ2n) is 2.35. The molecule has 0 aliphatic heterocycles. The van der Waals surface area contributed by atoms with Gasteiger partial charge in [0.1, 0.15) is 5.69 Å². The number of aromatic nitrogens is 2. The van der Waals surface area contributed by atoms with E-state index in [4.69, 9.17) is 11.0 Å². The SMILES string of the molecule is N#CNC(=O)c1cn(CCN)cn1. The zero-order valence-corrected chi connectivity index (χ0v) is 6.90. The van der Waals surface area contributed by atoms with Gasteiger partial charge in [-0.1, -0.05) is 0 Å². The van der Waals surface area contributed by atoms with Crippen molar-refractivity contribution < 1.29 is 4.79 Å². The minimum atomic E-state index is -0.502. The fraction of sp³-hybridized carbons (Fsp3) is 0.286. The van der Waals surface area contributed by atoms with E-state index >= 15 is 0 Å². The average Bonchev–Trinajstić information content (AvgIpc) is 2.54. The van der Waals surface area contributed by atoms with Crippen LogP contribution in [0.5, 0.6) is 0 Å². The highest BCUT2D eigenvalue weighted by molar-refractivity contribution is 5.92. The Hall–Kier alpha value is -1.87. The van der Waals surface area contributed by atoms with E-state index in [0.29, 0.717) is 13.1 Å². The van der Waals surface area contributed by atoms with Crippen LogP contribution >= 0.6 is 0 Å². The highest BCUT2D eigenvalue weighted by Gasteiger charge is 2.07. The molecule has 13 heavy (non-hydrogen) atoms. The Bertz CT molecular complexity index is 337. The second kappa shape index (κ2) is 4.23.